The molecule has 2 N–H and O–H groups in total. The number of benzene rings is 2. The van der Waals surface area contributed by atoms with Gasteiger partial charge in [-0.2, -0.15) is 4.98 Å². The molecule has 0 fully saturated rings. The molecule has 0 saturated carbocycles. The third kappa shape index (κ3) is 6.66. The van der Waals surface area contributed by atoms with E-state index >= 15 is 0 Å². The van der Waals surface area contributed by atoms with Crippen LogP contribution < -0.4 is 15.4 Å². The minimum atomic E-state index is 0. The van der Waals surface area contributed by atoms with Crippen molar-refractivity contribution < 1.29 is 9.26 Å². The SMILES string of the molecule is CCNC(=NCc1noc(C)n1)NCCCOc1ccc2ccccc2c1.I. The van der Waals surface area contributed by atoms with Crippen LogP contribution in [0.4, 0.5) is 0 Å². The van der Waals surface area contributed by atoms with E-state index < -0.39 is 0 Å². The highest BCUT2D eigenvalue weighted by molar-refractivity contribution is 14.0. The lowest BCUT2D eigenvalue weighted by Crippen LogP contribution is -2.38. The fourth-order valence-electron chi connectivity index (χ4n) is 2.62. The molecule has 0 aliphatic heterocycles. The second-order valence-corrected chi connectivity index (χ2v) is 6.06. The summed E-state index contributed by atoms with van der Waals surface area (Å²) >= 11 is 0. The smallest absolute Gasteiger partial charge is 0.223 e. The predicted octanol–water partition coefficient (Wildman–Crippen LogP) is 3.67. The second-order valence-electron chi connectivity index (χ2n) is 6.06. The van der Waals surface area contributed by atoms with Crippen LogP contribution in [-0.2, 0) is 6.54 Å². The molecule has 0 atom stereocenters. The summed E-state index contributed by atoms with van der Waals surface area (Å²) in [5.41, 5.74) is 0. The van der Waals surface area contributed by atoms with Crippen LogP contribution in [0.5, 0.6) is 5.75 Å². The largest absolute Gasteiger partial charge is 0.494 e. The van der Waals surface area contributed by atoms with E-state index in [1.807, 2.05) is 25.1 Å². The Balaban J connectivity index is 0.00000280. The predicted molar refractivity (Wildman–Crippen MR) is 121 cm³/mol. The standard InChI is InChI=1S/C20H25N5O2.HI/c1-3-21-20(23-14-19-24-15(2)27-25-19)22-11-6-12-26-18-10-9-16-7-4-5-8-17(16)13-18;/h4-5,7-10,13H,3,6,11-12,14H2,1-2H3,(H2,21,22,23);1H. The summed E-state index contributed by atoms with van der Waals surface area (Å²) in [6.45, 7) is 6.34. The van der Waals surface area contributed by atoms with Crippen molar-refractivity contribution in [2.75, 3.05) is 19.7 Å². The van der Waals surface area contributed by atoms with Crippen molar-refractivity contribution in [1.82, 2.24) is 20.8 Å². The van der Waals surface area contributed by atoms with Crippen molar-refractivity contribution in [3.8, 4) is 5.75 Å². The summed E-state index contributed by atoms with van der Waals surface area (Å²) in [6, 6.07) is 14.4. The summed E-state index contributed by atoms with van der Waals surface area (Å²) in [5, 5.41) is 12.7. The Morgan fingerprint density at radius 3 is 2.71 bits per heavy atom. The van der Waals surface area contributed by atoms with Crippen LogP contribution in [0.1, 0.15) is 25.1 Å². The van der Waals surface area contributed by atoms with Gasteiger partial charge in [-0.05, 0) is 36.2 Å². The number of guanidine groups is 1. The highest BCUT2D eigenvalue weighted by atomic mass is 127. The van der Waals surface area contributed by atoms with E-state index in [-0.39, 0.29) is 24.0 Å². The minimum absolute atomic E-state index is 0. The molecule has 0 amide bonds. The summed E-state index contributed by atoms with van der Waals surface area (Å²) in [5.74, 6) is 2.74. The Morgan fingerprint density at radius 1 is 1.14 bits per heavy atom. The van der Waals surface area contributed by atoms with E-state index in [1.165, 1.54) is 10.8 Å². The first kappa shape index (κ1) is 21.9. The normalized spacial score (nSPS) is 11.1. The molecule has 7 nitrogen and oxygen atoms in total. The summed E-state index contributed by atoms with van der Waals surface area (Å²) in [6.07, 6.45) is 0.860. The number of nitrogens with one attached hydrogen (secondary N) is 2. The number of hydrogen-bond donors (Lipinski definition) is 2. The number of fused-ring (bicyclic) bond motifs is 1. The van der Waals surface area contributed by atoms with E-state index in [9.17, 15) is 0 Å². The molecule has 1 aromatic heterocycles. The van der Waals surface area contributed by atoms with Crippen LogP contribution in [0, 0.1) is 6.92 Å². The van der Waals surface area contributed by atoms with E-state index in [4.69, 9.17) is 9.26 Å². The van der Waals surface area contributed by atoms with Gasteiger partial charge in [-0.15, -0.1) is 24.0 Å². The van der Waals surface area contributed by atoms with Gasteiger partial charge in [-0.3, -0.25) is 0 Å². The molecule has 0 aliphatic carbocycles. The monoisotopic (exact) mass is 495 g/mol. The molecule has 0 saturated heterocycles. The number of halogens is 1. The number of aryl methyl sites for hydroxylation is 1. The average Bonchev–Trinajstić information content (AvgIpc) is 3.11. The molecule has 0 spiro atoms. The summed E-state index contributed by atoms with van der Waals surface area (Å²) in [4.78, 5) is 8.60. The van der Waals surface area contributed by atoms with E-state index in [0.29, 0.717) is 24.9 Å². The number of nitrogens with zero attached hydrogens (tertiary/aromatic N) is 3. The van der Waals surface area contributed by atoms with Gasteiger partial charge in [-0.1, -0.05) is 35.5 Å². The fourth-order valence-corrected chi connectivity index (χ4v) is 2.62. The molecule has 150 valence electrons. The lowest BCUT2D eigenvalue weighted by atomic mass is 10.1. The van der Waals surface area contributed by atoms with Crippen LogP contribution >= 0.6 is 24.0 Å². The Kier molecular flexibility index (Phi) is 8.99. The summed E-state index contributed by atoms with van der Waals surface area (Å²) < 4.78 is 10.8. The number of rotatable bonds is 8. The molecule has 0 aliphatic rings. The number of ether oxygens (including phenoxy) is 1. The average molecular weight is 495 g/mol. The van der Waals surface area contributed by atoms with Crippen molar-refractivity contribution in [2.45, 2.75) is 26.8 Å². The van der Waals surface area contributed by atoms with Crippen molar-refractivity contribution in [2.24, 2.45) is 4.99 Å². The Labute approximate surface area is 182 Å². The van der Waals surface area contributed by atoms with Crippen molar-refractivity contribution in [3.63, 3.8) is 0 Å². The number of aromatic nitrogens is 2. The number of aliphatic imine (C=N–C) groups is 1. The van der Waals surface area contributed by atoms with Crippen molar-refractivity contribution in [1.29, 1.82) is 0 Å². The molecule has 1 heterocycles. The van der Waals surface area contributed by atoms with Gasteiger partial charge in [0.2, 0.25) is 5.89 Å². The molecular weight excluding hydrogens is 469 g/mol. The van der Waals surface area contributed by atoms with Gasteiger partial charge in [0.25, 0.3) is 0 Å². The minimum Gasteiger partial charge on any atom is -0.494 e. The van der Waals surface area contributed by atoms with Crippen molar-refractivity contribution in [3.05, 3.63) is 54.2 Å². The lowest BCUT2D eigenvalue weighted by molar-refractivity contribution is 0.311. The maximum absolute atomic E-state index is 5.86. The molecule has 0 unspecified atom stereocenters. The molecule has 2 aromatic carbocycles. The Morgan fingerprint density at radius 2 is 1.96 bits per heavy atom. The van der Waals surface area contributed by atoms with E-state index in [1.54, 1.807) is 6.92 Å². The quantitative estimate of drug-likeness (QED) is 0.215. The Hall–Kier alpha value is -2.36. The number of hydrogen-bond acceptors (Lipinski definition) is 5. The van der Waals surface area contributed by atoms with Crippen LogP contribution in [0.15, 0.2) is 52.0 Å². The van der Waals surface area contributed by atoms with E-state index in [2.05, 4.69) is 50.0 Å². The highest BCUT2D eigenvalue weighted by Crippen LogP contribution is 2.20. The zero-order chi connectivity index (χ0) is 18.9. The zero-order valence-electron chi connectivity index (χ0n) is 16.1. The molecule has 0 bridgehead atoms. The van der Waals surface area contributed by atoms with Crippen molar-refractivity contribution >= 4 is 40.7 Å². The van der Waals surface area contributed by atoms with Gasteiger partial charge in [0.15, 0.2) is 11.8 Å². The topological polar surface area (TPSA) is 84.6 Å². The third-order valence-electron chi connectivity index (χ3n) is 3.90. The van der Waals surface area contributed by atoms with Gasteiger partial charge >= 0.3 is 0 Å². The van der Waals surface area contributed by atoms with Gasteiger partial charge < -0.3 is 19.9 Å². The molecule has 8 heteroatoms. The van der Waals surface area contributed by atoms with Gasteiger partial charge in [0.05, 0.1) is 6.61 Å². The van der Waals surface area contributed by atoms with Gasteiger partial charge in [0, 0.05) is 20.0 Å². The molecular formula is C20H26IN5O2. The van der Waals surface area contributed by atoms with Crippen LogP contribution in [0.2, 0.25) is 0 Å². The lowest BCUT2D eigenvalue weighted by Gasteiger charge is -2.11. The van der Waals surface area contributed by atoms with Gasteiger partial charge in [0.1, 0.15) is 12.3 Å². The Bertz CT molecular complexity index is 897. The second kappa shape index (κ2) is 11.5. The molecule has 3 aromatic rings. The van der Waals surface area contributed by atoms with Crippen LogP contribution in [0.3, 0.4) is 0 Å². The summed E-state index contributed by atoms with van der Waals surface area (Å²) in [7, 11) is 0. The third-order valence-corrected chi connectivity index (χ3v) is 3.90. The molecule has 0 radical (unpaired) electrons. The van der Waals surface area contributed by atoms with Gasteiger partial charge in [-0.25, -0.2) is 4.99 Å². The first-order chi connectivity index (χ1) is 13.2. The first-order valence-corrected chi connectivity index (χ1v) is 9.17. The fraction of sp³-hybridized carbons (Fsp3) is 0.350. The highest BCUT2D eigenvalue weighted by Gasteiger charge is 2.03. The molecule has 3 rings (SSSR count). The maximum Gasteiger partial charge on any atom is 0.223 e. The first-order valence-electron chi connectivity index (χ1n) is 9.17. The van der Waals surface area contributed by atoms with E-state index in [0.717, 1.165) is 31.2 Å². The maximum atomic E-state index is 5.86. The van der Waals surface area contributed by atoms with Crippen LogP contribution in [0.25, 0.3) is 10.8 Å². The molecule has 28 heavy (non-hydrogen) atoms. The zero-order valence-corrected chi connectivity index (χ0v) is 18.5. The van der Waals surface area contributed by atoms with Crippen LogP contribution in [-0.4, -0.2) is 35.8 Å².